The Kier molecular flexibility index (Phi) is 3.64. The lowest BCUT2D eigenvalue weighted by molar-refractivity contribution is 0.106. The molecule has 21 heavy (non-hydrogen) atoms. The van der Waals surface area contributed by atoms with E-state index >= 15 is 0 Å². The summed E-state index contributed by atoms with van der Waals surface area (Å²) in [4.78, 5) is 0. The first-order valence-corrected chi connectivity index (χ1v) is 7.26. The molecule has 0 unspecified atom stereocenters. The zero-order valence-corrected chi connectivity index (χ0v) is 12.1. The minimum Gasteiger partial charge on any atom is -0.493 e. The summed E-state index contributed by atoms with van der Waals surface area (Å²) >= 11 is 0. The number of benzene rings is 1. The zero-order valence-electron chi connectivity index (χ0n) is 12.1. The molecule has 5 heteroatoms. The lowest BCUT2D eigenvalue weighted by Gasteiger charge is -2.35. The summed E-state index contributed by atoms with van der Waals surface area (Å²) in [5.41, 5.74) is 0.239. The van der Waals surface area contributed by atoms with Crippen molar-refractivity contribution >= 4 is 0 Å². The average molecular weight is 289 g/mol. The average Bonchev–Trinajstić information content (AvgIpc) is 2.55. The van der Waals surface area contributed by atoms with Crippen molar-refractivity contribution in [3.63, 3.8) is 0 Å². The van der Waals surface area contributed by atoms with Gasteiger partial charge in [0.05, 0.1) is 24.7 Å². The van der Waals surface area contributed by atoms with Crippen molar-refractivity contribution in [1.29, 1.82) is 5.26 Å². The van der Waals surface area contributed by atoms with E-state index in [0.717, 1.165) is 5.56 Å². The Morgan fingerprint density at radius 1 is 1.24 bits per heavy atom. The molecule has 0 bridgehead atoms. The van der Waals surface area contributed by atoms with E-state index in [1.807, 2.05) is 12.1 Å². The first kappa shape index (κ1) is 14.0. The van der Waals surface area contributed by atoms with Gasteiger partial charge in [-0.15, -0.1) is 0 Å². The first-order chi connectivity index (χ1) is 10.2. The fraction of sp³-hybridized carbons (Fsp3) is 0.562. The lowest BCUT2D eigenvalue weighted by atomic mass is 9.69. The molecule has 112 valence electrons. The fourth-order valence-corrected chi connectivity index (χ4v) is 3.19. The van der Waals surface area contributed by atoms with Crippen LogP contribution in [-0.2, 0) is 5.41 Å². The third-order valence-corrected chi connectivity index (χ3v) is 4.41. The van der Waals surface area contributed by atoms with E-state index in [0.29, 0.717) is 56.1 Å². The van der Waals surface area contributed by atoms with E-state index in [-0.39, 0.29) is 6.10 Å². The standard InChI is InChI=1S/C16H19NO4/c1-19-13-3-2-12(14-15(13)21-9-8-20-14)16(10-17)6-4-11(18)5-7-16/h2-3,11,18H,4-9H2,1H3. The maximum Gasteiger partial charge on any atom is 0.204 e. The summed E-state index contributed by atoms with van der Waals surface area (Å²) in [6.07, 6.45) is 2.22. The summed E-state index contributed by atoms with van der Waals surface area (Å²) in [5, 5.41) is 19.5. The van der Waals surface area contributed by atoms with E-state index in [1.165, 1.54) is 0 Å². The fourth-order valence-electron chi connectivity index (χ4n) is 3.19. The second kappa shape index (κ2) is 5.45. The summed E-state index contributed by atoms with van der Waals surface area (Å²) in [6.45, 7) is 0.947. The number of hydrogen-bond acceptors (Lipinski definition) is 5. The second-order valence-corrected chi connectivity index (χ2v) is 5.60. The number of aliphatic hydroxyl groups is 1. The van der Waals surface area contributed by atoms with Crippen LogP contribution >= 0.6 is 0 Å². The van der Waals surface area contributed by atoms with Crippen LogP contribution in [0.5, 0.6) is 17.2 Å². The summed E-state index contributed by atoms with van der Waals surface area (Å²) in [5.74, 6) is 1.83. The van der Waals surface area contributed by atoms with Crippen LogP contribution in [-0.4, -0.2) is 31.5 Å². The van der Waals surface area contributed by atoms with Gasteiger partial charge in [0.2, 0.25) is 5.75 Å². The minimum absolute atomic E-state index is 0.308. The number of methoxy groups -OCH3 is 1. The molecule has 1 N–H and O–H groups in total. The minimum atomic E-state index is -0.615. The predicted molar refractivity (Wildman–Crippen MR) is 75.7 cm³/mol. The van der Waals surface area contributed by atoms with Crippen molar-refractivity contribution in [3.8, 4) is 23.3 Å². The van der Waals surface area contributed by atoms with E-state index in [9.17, 15) is 10.4 Å². The van der Waals surface area contributed by atoms with Crippen molar-refractivity contribution in [1.82, 2.24) is 0 Å². The van der Waals surface area contributed by atoms with Gasteiger partial charge in [-0.3, -0.25) is 0 Å². The number of nitriles is 1. The SMILES string of the molecule is COc1ccc(C2(C#N)CCC(O)CC2)c2c1OCCO2. The Labute approximate surface area is 124 Å². The molecule has 0 radical (unpaired) electrons. The molecule has 1 saturated carbocycles. The van der Waals surface area contributed by atoms with Gasteiger partial charge in [-0.05, 0) is 37.8 Å². The second-order valence-electron chi connectivity index (χ2n) is 5.60. The van der Waals surface area contributed by atoms with E-state index in [4.69, 9.17) is 14.2 Å². The largest absolute Gasteiger partial charge is 0.493 e. The van der Waals surface area contributed by atoms with Gasteiger partial charge in [-0.2, -0.15) is 5.26 Å². The number of fused-ring (bicyclic) bond motifs is 1. The van der Waals surface area contributed by atoms with E-state index in [1.54, 1.807) is 7.11 Å². The van der Waals surface area contributed by atoms with Crippen LogP contribution in [0.3, 0.4) is 0 Å². The molecule has 0 spiro atoms. The Balaban J connectivity index is 2.07. The molecule has 0 saturated heterocycles. The highest BCUT2D eigenvalue weighted by Gasteiger charge is 2.40. The third-order valence-electron chi connectivity index (χ3n) is 4.41. The Bertz CT molecular complexity index is 570. The van der Waals surface area contributed by atoms with Gasteiger partial charge >= 0.3 is 0 Å². The Hall–Kier alpha value is -1.93. The van der Waals surface area contributed by atoms with Crippen molar-refractivity contribution in [2.75, 3.05) is 20.3 Å². The molecule has 0 amide bonds. The summed E-state index contributed by atoms with van der Waals surface area (Å²) < 4.78 is 16.8. The molecule has 5 nitrogen and oxygen atoms in total. The number of aliphatic hydroxyl groups excluding tert-OH is 1. The monoisotopic (exact) mass is 289 g/mol. The highest BCUT2D eigenvalue weighted by molar-refractivity contribution is 5.60. The van der Waals surface area contributed by atoms with Crippen LogP contribution in [0.4, 0.5) is 0 Å². The molecule has 3 rings (SSSR count). The van der Waals surface area contributed by atoms with Crippen molar-refractivity contribution in [3.05, 3.63) is 17.7 Å². The summed E-state index contributed by atoms with van der Waals surface area (Å²) in [7, 11) is 1.59. The van der Waals surface area contributed by atoms with Crippen molar-refractivity contribution in [2.24, 2.45) is 0 Å². The normalized spacial score (nSPS) is 27.8. The van der Waals surface area contributed by atoms with Gasteiger partial charge < -0.3 is 19.3 Å². The van der Waals surface area contributed by atoms with Gasteiger partial charge in [-0.25, -0.2) is 0 Å². The van der Waals surface area contributed by atoms with Crippen LogP contribution in [0.15, 0.2) is 12.1 Å². The molecule has 2 aliphatic rings. The maximum atomic E-state index is 9.75. The molecule has 0 aromatic heterocycles. The molecular formula is C16H19NO4. The van der Waals surface area contributed by atoms with Crippen LogP contribution in [0.2, 0.25) is 0 Å². The van der Waals surface area contributed by atoms with Crippen LogP contribution in [0.1, 0.15) is 31.2 Å². The molecular weight excluding hydrogens is 270 g/mol. The zero-order chi connectivity index (χ0) is 14.9. The molecule has 0 atom stereocenters. The molecule has 1 aliphatic carbocycles. The quantitative estimate of drug-likeness (QED) is 0.903. The Morgan fingerprint density at radius 3 is 2.52 bits per heavy atom. The molecule has 1 aromatic rings. The van der Waals surface area contributed by atoms with Crippen LogP contribution in [0, 0.1) is 11.3 Å². The predicted octanol–water partition coefficient (Wildman–Crippen LogP) is 2.16. The van der Waals surface area contributed by atoms with Gasteiger partial charge in [0.25, 0.3) is 0 Å². The van der Waals surface area contributed by atoms with E-state index < -0.39 is 5.41 Å². The number of nitrogens with zero attached hydrogens (tertiary/aromatic N) is 1. The first-order valence-electron chi connectivity index (χ1n) is 7.26. The maximum absolute atomic E-state index is 9.75. The van der Waals surface area contributed by atoms with Gasteiger partial charge in [0.1, 0.15) is 13.2 Å². The highest BCUT2D eigenvalue weighted by atomic mass is 16.6. The van der Waals surface area contributed by atoms with Gasteiger partial charge in [0, 0.05) is 5.56 Å². The topological polar surface area (TPSA) is 71.7 Å². The van der Waals surface area contributed by atoms with Gasteiger partial charge in [-0.1, -0.05) is 0 Å². The van der Waals surface area contributed by atoms with Gasteiger partial charge in [0.15, 0.2) is 11.5 Å². The Morgan fingerprint density at radius 2 is 1.90 bits per heavy atom. The van der Waals surface area contributed by atoms with Crippen LogP contribution in [0.25, 0.3) is 0 Å². The number of hydrogen-bond donors (Lipinski definition) is 1. The number of rotatable bonds is 2. The van der Waals surface area contributed by atoms with Crippen molar-refractivity contribution in [2.45, 2.75) is 37.2 Å². The molecule has 1 heterocycles. The van der Waals surface area contributed by atoms with E-state index in [2.05, 4.69) is 6.07 Å². The smallest absolute Gasteiger partial charge is 0.204 e. The molecule has 1 aromatic carbocycles. The lowest BCUT2D eigenvalue weighted by Crippen LogP contribution is -2.33. The van der Waals surface area contributed by atoms with Crippen LogP contribution < -0.4 is 14.2 Å². The highest BCUT2D eigenvalue weighted by Crippen LogP contribution is 2.50. The third kappa shape index (κ3) is 2.30. The summed E-state index contributed by atoms with van der Waals surface area (Å²) in [6, 6.07) is 6.18. The van der Waals surface area contributed by atoms with Crippen molar-refractivity contribution < 1.29 is 19.3 Å². The number of ether oxygens (including phenoxy) is 3. The molecule has 1 aliphatic heterocycles. The molecule has 1 fully saturated rings.